The van der Waals surface area contributed by atoms with Crippen LogP contribution in [-0.2, 0) is 6.61 Å². The molecule has 0 unspecified atom stereocenters. The van der Waals surface area contributed by atoms with E-state index in [0.717, 1.165) is 34.1 Å². The van der Waals surface area contributed by atoms with Crippen LogP contribution < -0.4 is 14.2 Å². The summed E-state index contributed by atoms with van der Waals surface area (Å²) < 4.78 is 24.2. The number of carbonyl (C=O) groups excluding carboxylic acids is 1. The second-order valence-corrected chi connectivity index (χ2v) is 8.86. The summed E-state index contributed by atoms with van der Waals surface area (Å²) in [4.78, 5) is 13.0. The van der Waals surface area contributed by atoms with Gasteiger partial charge in [0.2, 0.25) is 6.79 Å². The minimum absolute atomic E-state index is 0.0131. The summed E-state index contributed by atoms with van der Waals surface area (Å²) in [5.74, 6) is 2.69. The molecule has 0 bridgehead atoms. The Hall–Kier alpha value is -3.72. The van der Waals surface area contributed by atoms with E-state index in [9.17, 15) is 4.79 Å². The van der Waals surface area contributed by atoms with Gasteiger partial charge in [-0.3, -0.25) is 4.79 Å². The van der Waals surface area contributed by atoms with E-state index < -0.39 is 0 Å². The number of hydrogen-bond acceptors (Lipinski definition) is 8. The molecule has 0 fully saturated rings. The maximum absolute atomic E-state index is 13.0. The molecule has 0 saturated heterocycles. The number of carbonyl (C=O) groups is 1. The summed E-state index contributed by atoms with van der Waals surface area (Å²) in [6.45, 7) is 6.29. The van der Waals surface area contributed by atoms with Crippen molar-refractivity contribution in [2.45, 2.75) is 32.6 Å². The molecule has 8 nitrogen and oxygen atoms in total. The summed E-state index contributed by atoms with van der Waals surface area (Å²) in [5, 5.41) is 8.36. The Labute approximate surface area is 200 Å². The third kappa shape index (κ3) is 4.51. The van der Waals surface area contributed by atoms with Gasteiger partial charge in [0.1, 0.15) is 5.75 Å². The van der Waals surface area contributed by atoms with E-state index in [-0.39, 0.29) is 24.9 Å². The van der Waals surface area contributed by atoms with Gasteiger partial charge < -0.3 is 23.2 Å². The Bertz CT molecular complexity index is 1360. The predicted octanol–water partition coefficient (Wildman–Crippen LogP) is 5.07. The molecule has 0 spiro atoms. The number of Topliss-reactive ketones (excluding diaryl/α,β-unsaturated/α-hetero) is 1. The molecule has 0 aliphatic carbocycles. The highest BCUT2D eigenvalue weighted by Gasteiger charge is 2.20. The van der Waals surface area contributed by atoms with Crippen LogP contribution >= 0.6 is 11.8 Å². The fourth-order valence-electron chi connectivity index (χ4n) is 3.88. The van der Waals surface area contributed by atoms with Gasteiger partial charge in [-0.15, -0.1) is 10.2 Å². The van der Waals surface area contributed by atoms with Gasteiger partial charge in [0.25, 0.3) is 11.1 Å². The molecule has 9 heteroatoms. The average molecular weight is 478 g/mol. The van der Waals surface area contributed by atoms with Crippen molar-refractivity contribution in [2.75, 3.05) is 12.5 Å². The van der Waals surface area contributed by atoms with Crippen LogP contribution in [0.25, 0.3) is 5.69 Å². The molecule has 0 N–H and O–H groups in total. The van der Waals surface area contributed by atoms with Gasteiger partial charge in [0, 0.05) is 28.7 Å². The molecule has 0 atom stereocenters. The monoisotopic (exact) mass is 477 g/mol. The Balaban J connectivity index is 1.23. The van der Waals surface area contributed by atoms with Gasteiger partial charge in [-0.05, 0) is 56.7 Å². The van der Waals surface area contributed by atoms with Crippen molar-refractivity contribution in [3.8, 4) is 22.9 Å². The maximum Gasteiger partial charge on any atom is 0.277 e. The van der Waals surface area contributed by atoms with Crippen molar-refractivity contribution in [1.29, 1.82) is 0 Å². The van der Waals surface area contributed by atoms with Crippen LogP contribution in [0.1, 0.15) is 33.2 Å². The van der Waals surface area contributed by atoms with Gasteiger partial charge in [-0.25, -0.2) is 0 Å². The van der Waals surface area contributed by atoms with Crippen LogP contribution in [0.15, 0.2) is 58.2 Å². The fourth-order valence-corrected chi connectivity index (χ4v) is 4.54. The number of aromatic nitrogens is 3. The number of hydrogen-bond donors (Lipinski definition) is 0. The number of fused-ring (bicyclic) bond motifs is 1. The summed E-state index contributed by atoms with van der Waals surface area (Å²) in [6.07, 6.45) is 0. The predicted molar refractivity (Wildman–Crippen MR) is 126 cm³/mol. The molecule has 2 aromatic heterocycles. The van der Waals surface area contributed by atoms with Crippen LogP contribution in [0.2, 0.25) is 0 Å². The van der Waals surface area contributed by atoms with Crippen molar-refractivity contribution in [2.24, 2.45) is 0 Å². The topological polar surface area (TPSA) is 88.6 Å². The molecule has 2 aromatic carbocycles. The Morgan fingerprint density at radius 1 is 1.06 bits per heavy atom. The van der Waals surface area contributed by atoms with E-state index in [2.05, 4.69) is 10.2 Å². The van der Waals surface area contributed by atoms with E-state index in [0.29, 0.717) is 22.4 Å². The first kappa shape index (κ1) is 22.1. The van der Waals surface area contributed by atoms with E-state index in [1.54, 1.807) is 0 Å². The first-order chi connectivity index (χ1) is 16.5. The number of benzene rings is 2. The smallest absolute Gasteiger partial charge is 0.277 e. The van der Waals surface area contributed by atoms with Crippen molar-refractivity contribution >= 4 is 17.5 Å². The zero-order valence-corrected chi connectivity index (χ0v) is 19.8. The zero-order chi connectivity index (χ0) is 23.7. The molecule has 3 heterocycles. The van der Waals surface area contributed by atoms with Crippen LogP contribution in [-0.4, -0.2) is 33.1 Å². The lowest BCUT2D eigenvalue weighted by molar-refractivity contribution is 0.102. The molecule has 1 aliphatic rings. The number of thioether (sulfide) groups is 1. The molecule has 4 aromatic rings. The van der Waals surface area contributed by atoms with E-state index >= 15 is 0 Å². The molecule has 0 amide bonds. The molecule has 0 saturated carbocycles. The number of nitrogens with zero attached hydrogens (tertiary/aromatic N) is 3. The second-order valence-electron chi connectivity index (χ2n) is 7.94. The minimum Gasteiger partial charge on any atom is -0.484 e. The van der Waals surface area contributed by atoms with Gasteiger partial charge >= 0.3 is 0 Å². The van der Waals surface area contributed by atoms with E-state index in [1.165, 1.54) is 11.8 Å². The van der Waals surface area contributed by atoms with Crippen molar-refractivity contribution in [3.05, 3.63) is 76.9 Å². The first-order valence-corrected chi connectivity index (χ1v) is 11.7. The van der Waals surface area contributed by atoms with Gasteiger partial charge in [0.15, 0.2) is 23.9 Å². The highest BCUT2D eigenvalue weighted by Crippen LogP contribution is 2.35. The van der Waals surface area contributed by atoms with Gasteiger partial charge in [0.05, 0.1) is 5.75 Å². The Morgan fingerprint density at radius 2 is 1.91 bits per heavy atom. The number of ketones is 1. The lowest BCUT2D eigenvalue weighted by Crippen LogP contribution is -2.05. The number of rotatable bonds is 8. The molecular formula is C25H23N3O5S. The normalized spacial score (nSPS) is 12.2. The van der Waals surface area contributed by atoms with Gasteiger partial charge in [-0.2, -0.15) is 0 Å². The van der Waals surface area contributed by atoms with E-state index in [4.69, 9.17) is 18.6 Å². The lowest BCUT2D eigenvalue weighted by Gasteiger charge is -2.10. The Morgan fingerprint density at radius 3 is 2.76 bits per heavy atom. The van der Waals surface area contributed by atoms with Crippen LogP contribution in [0.3, 0.4) is 0 Å². The molecule has 1 aliphatic heterocycles. The van der Waals surface area contributed by atoms with Crippen LogP contribution in [0.4, 0.5) is 0 Å². The second kappa shape index (κ2) is 9.26. The lowest BCUT2D eigenvalue weighted by atomic mass is 10.2. The molecule has 34 heavy (non-hydrogen) atoms. The molecule has 5 rings (SSSR count). The third-order valence-electron chi connectivity index (χ3n) is 5.47. The van der Waals surface area contributed by atoms with E-state index in [1.807, 2.05) is 73.9 Å². The van der Waals surface area contributed by atoms with Crippen molar-refractivity contribution < 1.29 is 23.4 Å². The first-order valence-electron chi connectivity index (χ1n) is 10.7. The minimum atomic E-state index is -0.0131. The number of ether oxygens (including phenoxy) is 3. The average Bonchev–Trinajstić information content (AvgIpc) is 3.54. The molecule has 174 valence electrons. The summed E-state index contributed by atoms with van der Waals surface area (Å²) in [7, 11) is 0. The highest BCUT2D eigenvalue weighted by molar-refractivity contribution is 7.99. The molecule has 0 radical (unpaired) electrons. The maximum atomic E-state index is 13.0. The van der Waals surface area contributed by atoms with Crippen molar-refractivity contribution in [3.63, 3.8) is 0 Å². The van der Waals surface area contributed by atoms with Gasteiger partial charge in [-0.1, -0.05) is 23.9 Å². The zero-order valence-electron chi connectivity index (χ0n) is 19.0. The Kier molecular flexibility index (Phi) is 6.02. The standard InChI is InChI=1S/C25H23N3O5S/c1-15-5-4-6-19(9-15)30-12-24-26-27-25(33-24)34-13-21(29)20-10-16(2)28(17(20)3)18-7-8-22-23(11-18)32-14-31-22/h4-11H,12-14H2,1-3H3. The number of aryl methyl sites for hydroxylation is 2. The SMILES string of the molecule is Cc1cccc(OCc2nnc(SCC(=O)c3cc(C)n(-c4ccc5c(c4)OCO5)c3C)o2)c1. The summed E-state index contributed by atoms with van der Waals surface area (Å²) >= 11 is 1.21. The summed E-state index contributed by atoms with van der Waals surface area (Å²) in [5.41, 5.74) is 4.50. The molecular weight excluding hydrogens is 454 g/mol. The van der Waals surface area contributed by atoms with Crippen LogP contribution in [0, 0.1) is 20.8 Å². The largest absolute Gasteiger partial charge is 0.484 e. The third-order valence-corrected chi connectivity index (χ3v) is 6.29. The highest BCUT2D eigenvalue weighted by atomic mass is 32.2. The summed E-state index contributed by atoms with van der Waals surface area (Å²) in [6, 6.07) is 15.4. The quantitative estimate of drug-likeness (QED) is 0.257. The van der Waals surface area contributed by atoms with Crippen LogP contribution in [0.5, 0.6) is 17.2 Å². The fraction of sp³-hybridized carbons (Fsp3) is 0.240. The van der Waals surface area contributed by atoms with Crippen molar-refractivity contribution in [1.82, 2.24) is 14.8 Å².